The van der Waals surface area contributed by atoms with Gasteiger partial charge in [-0.15, -0.1) is 0 Å². The van der Waals surface area contributed by atoms with Crippen LogP contribution in [0, 0.1) is 5.92 Å². The van der Waals surface area contributed by atoms with E-state index in [2.05, 4.69) is 16.9 Å². The molecule has 3 heteroatoms. The summed E-state index contributed by atoms with van der Waals surface area (Å²) >= 11 is 0. The SMILES string of the molecule is CC1CCCC(N=Cc2ncccc2O)C1. The second kappa shape index (κ2) is 5.10. The fraction of sp³-hybridized carbons (Fsp3) is 0.538. The van der Waals surface area contributed by atoms with Gasteiger partial charge in [-0.05, 0) is 30.9 Å². The molecule has 0 spiro atoms. The Morgan fingerprint density at radius 1 is 1.50 bits per heavy atom. The van der Waals surface area contributed by atoms with Crippen LogP contribution in [0.3, 0.4) is 0 Å². The maximum atomic E-state index is 9.54. The first-order valence-electron chi connectivity index (χ1n) is 5.93. The van der Waals surface area contributed by atoms with E-state index < -0.39 is 0 Å². The van der Waals surface area contributed by atoms with E-state index >= 15 is 0 Å². The first kappa shape index (κ1) is 11.1. The zero-order valence-corrected chi connectivity index (χ0v) is 9.63. The third kappa shape index (κ3) is 2.81. The average Bonchev–Trinajstić information content (AvgIpc) is 2.28. The number of nitrogens with zero attached hydrogens (tertiary/aromatic N) is 2. The molecule has 1 aliphatic rings. The zero-order valence-electron chi connectivity index (χ0n) is 9.63. The molecule has 0 radical (unpaired) electrons. The van der Waals surface area contributed by atoms with Crippen LogP contribution in [0.5, 0.6) is 5.75 Å². The van der Waals surface area contributed by atoms with Crippen molar-refractivity contribution in [3.05, 3.63) is 24.0 Å². The van der Waals surface area contributed by atoms with Crippen LogP contribution in [0.1, 0.15) is 38.3 Å². The fourth-order valence-electron chi connectivity index (χ4n) is 2.22. The van der Waals surface area contributed by atoms with Crippen molar-refractivity contribution in [3.8, 4) is 5.75 Å². The van der Waals surface area contributed by atoms with Crippen LogP contribution in [-0.2, 0) is 0 Å². The predicted molar refractivity (Wildman–Crippen MR) is 64.9 cm³/mol. The Hall–Kier alpha value is -1.38. The molecule has 1 N–H and O–H groups in total. The molecular formula is C13H18N2O. The summed E-state index contributed by atoms with van der Waals surface area (Å²) < 4.78 is 0. The first-order chi connectivity index (χ1) is 7.75. The maximum absolute atomic E-state index is 9.54. The van der Waals surface area contributed by atoms with E-state index in [1.165, 1.54) is 12.8 Å². The number of aromatic nitrogens is 1. The number of pyridine rings is 1. The fourth-order valence-corrected chi connectivity index (χ4v) is 2.22. The molecule has 0 saturated heterocycles. The van der Waals surface area contributed by atoms with E-state index in [0.717, 1.165) is 18.8 Å². The van der Waals surface area contributed by atoms with Crippen molar-refractivity contribution in [3.63, 3.8) is 0 Å². The summed E-state index contributed by atoms with van der Waals surface area (Å²) in [5.74, 6) is 0.975. The van der Waals surface area contributed by atoms with Crippen molar-refractivity contribution in [1.82, 2.24) is 4.98 Å². The second-order valence-corrected chi connectivity index (χ2v) is 4.61. The normalized spacial score (nSPS) is 26.1. The Balaban J connectivity index is 2.01. The lowest BCUT2D eigenvalue weighted by molar-refractivity contribution is 0.346. The molecule has 0 amide bonds. The standard InChI is InChI=1S/C13H18N2O/c1-10-4-2-5-11(8-10)15-9-12-13(16)6-3-7-14-12/h3,6-7,9-11,16H,2,4-5,8H2,1H3. The van der Waals surface area contributed by atoms with Crippen LogP contribution in [0.4, 0.5) is 0 Å². The largest absolute Gasteiger partial charge is 0.506 e. The van der Waals surface area contributed by atoms with Gasteiger partial charge in [0.15, 0.2) is 0 Å². The smallest absolute Gasteiger partial charge is 0.142 e. The summed E-state index contributed by atoms with van der Waals surface area (Å²) in [6.07, 6.45) is 8.28. The van der Waals surface area contributed by atoms with E-state index in [9.17, 15) is 5.11 Å². The molecule has 2 unspecified atom stereocenters. The van der Waals surface area contributed by atoms with Crippen LogP contribution in [-0.4, -0.2) is 22.3 Å². The molecule has 1 saturated carbocycles. The molecule has 1 aromatic heterocycles. The Bertz CT molecular complexity index is 376. The van der Waals surface area contributed by atoms with E-state index in [0.29, 0.717) is 11.7 Å². The molecule has 16 heavy (non-hydrogen) atoms. The lowest BCUT2D eigenvalue weighted by Crippen LogP contribution is -2.16. The van der Waals surface area contributed by atoms with Crippen molar-refractivity contribution in [2.24, 2.45) is 10.9 Å². The molecule has 1 fully saturated rings. The van der Waals surface area contributed by atoms with Crippen molar-refractivity contribution in [2.75, 3.05) is 0 Å². The highest BCUT2D eigenvalue weighted by molar-refractivity contribution is 5.80. The van der Waals surface area contributed by atoms with Crippen molar-refractivity contribution < 1.29 is 5.11 Å². The van der Waals surface area contributed by atoms with Crippen LogP contribution in [0.2, 0.25) is 0 Å². The molecule has 3 nitrogen and oxygen atoms in total. The van der Waals surface area contributed by atoms with E-state index in [4.69, 9.17) is 0 Å². The minimum Gasteiger partial charge on any atom is -0.506 e. The van der Waals surface area contributed by atoms with Crippen molar-refractivity contribution in [1.29, 1.82) is 0 Å². The lowest BCUT2D eigenvalue weighted by Gasteiger charge is -2.23. The Morgan fingerprint density at radius 2 is 2.38 bits per heavy atom. The minimum atomic E-state index is 0.204. The summed E-state index contributed by atoms with van der Waals surface area (Å²) in [4.78, 5) is 8.60. The van der Waals surface area contributed by atoms with Crippen LogP contribution in [0.15, 0.2) is 23.3 Å². The quantitative estimate of drug-likeness (QED) is 0.776. The van der Waals surface area contributed by atoms with Gasteiger partial charge in [-0.2, -0.15) is 0 Å². The van der Waals surface area contributed by atoms with Crippen LogP contribution < -0.4 is 0 Å². The van der Waals surface area contributed by atoms with Crippen molar-refractivity contribution in [2.45, 2.75) is 38.6 Å². The van der Waals surface area contributed by atoms with Crippen LogP contribution >= 0.6 is 0 Å². The molecule has 86 valence electrons. The van der Waals surface area contributed by atoms with Gasteiger partial charge in [-0.25, -0.2) is 0 Å². The van der Waals surface area contributed by atoms with Gasteiger partial charge in [0.25, 0.3) is 0 Å². The van der Waals surface area contributed by atoms with Crippen molar-refractivity contribution >= 4 is 6.21 Å². The lowest BCUT2D eigenvalue weighted by atomic mass is 9.87. The first-order valence-corrected chi connectivity index (χ1v) is 5.93. The van der Waals surface area contributed by atoms with Gasteiger partial charge in [-0.3, -0.25) is 9.98 Å². The van der Waals surface area contributed by atoms with Gasteiger partial charge in [0.1, 0.15) is 11.4 Å². The van der Waals surface area contributed by atoms with Gasteiger partial charge in [0.05, 0.1) is 12.3 Å². The number of hydrogen-bond donors (Lipinski definition) is 1. The van der Waals surface area contributed by atoms with Gasteiger partial charge in [0.2, 0.25) is 0 Å². The summed E-state index contributed by atoms with van der Waals surface area (Å²) in [5, 5.41) is 9.54. The summed E-state index contributed by atoms with van der Waals surface area (Å²) in [6.45, 7) is 2.28. The Kier molecular flexibility index (Phi) is 3.54. The number of rotatable bonds is 2. The Morgan fingerprint density at radius 3 is 3.12 bits per heavy atom. The van der Waals surface area contributed by atoms with E-state index in [1.54, 1.807) is 24.5 Å². The Labute approximate surface area is 96.3 Å². The van der Waals surface area contributed by atoms with Gasteiger partial charge in [-0.1, -0.05) is 19.8 Å². The molecule has 1 aromatic rings. The highest BCUT2D eigenvalue weighted by atomic mass is 16.3. The number of hydrogen-bond acceptors (Lipinski definition) is 3. The monoisotopic (exact) mass is 218 g/mol. The summed E-state index contributed by atoms with van der Waals surface area (Å²) in [7, 11) is 0. The summed E-state index contributed by atoms with van der Waals surface area (Å²) in [6, 6.07) is 3.76. The number of aliphatic imine (C=N–C) groups is 1. The maximum Gasteiger partial charge on any atom is 0.142 e. The molecule has 2 atom stereocenters. The molecular weight excluding hydrogens is 200 g/mol. The second-order valence-electron chi connectivity index (χ2n) is 4.61. The summed E-state index contributed by atoms with van der Waals surface area (Å²) in [5.41, 5.74) is 0.570. The molecule has 0 aromatic carbocycles. The topological polar surface area (TPSA) is 45.5 Å². The number of aromatic hydroxyl groups is 1. The molecule has 1 aliphatic carbocycles. The highest BCUT2D eigenvalue weighted by Crippen LogP contribution is 2.25. The third-order valence-electron chi connectivity index (χ3n) is 3.13. The predicted octanol–water partition coefficient (Wildman–Crippen LogP) is 2.78. The third-order valence-corrected chi connectivity index (χ3v) is 3.13. The van der Waals surface area contributed by atoms with E-state index in [-0.39, 0.29) is 5.75 Å². The average molecular weight is 218 g/mol. The molecule has 1 heterocycles. The zero-order chi connectivity index (χ0) is 11.4. The molecule has 2 rings (SSSR count). The van der Waals surface area contributed by atoms with Gasteiger partial charge >= 0.3 is 0 Å². The van der Waals surface area contributed by atoms with Crippen LogP contribution in [0.25, 0.3) is 0 Å². The highest BCUT2D eigenvalue weighted by Gasteiger charge is 2.17. The van der Waals surface area contributed by atoms with Gasteiger partial charge < -0.3 is 5.11 Å². The molecule has 0 bridgehead atoms. The van der Waals surface area contributed by atoms with Gasteiger partial charge in [0, 0.05) is 6.20 Å². The minimum absolute atomic E-state index is 0.204. The molecule has 0 aliphatic heterocycles. The van der Waals surface area contributed by atoms with E-state index in [1.807, 2.05) is 0 Å².